The maximum Gasteiger partial charge on any atom is 0.0743 e. The second-order valence-electron chi connectivity index (χ2n) is 3.82. The second-order valence-corrected chi connectivity index (χ2v) is 8.36. The van der Waals surface area contributed by atoms with Gasteiger partial charge in [-0.15, -0.1) is 11.3 Å². The van der Waals surface area contributed by atoms with Crippen molar-refractivity contribution in [2.75, 3.05) is 18.5 Å². The zero-order valence-electron chi connectivity index (χ0n) is 9.68. The van der Waals surface area contributed by atoms with Crippen molar-refractivity contribution in [1.82, 2.24) is 0 Å². The highest BCUT2D eigenvalue weighted by atomic mass is 79.9. The highest BCUT2D eigenvalue weighted by Gasteiger charge is 2.04. The molecule has 0 N–H and O–H groups in total. The van der Waals surface area contributed by atoms with Crippen LogP contribution in [0.3, 0.4) is 0 Å². The molecule has 1 nitrogen and oxygen atoms in total. The van der Waals surface area contributed by atoms with Crippen molar-refractivity contribution in [2.24, 2.45) is 0 Å². The third-order valence-corrected chi connectivity index (χ3v) is 5.44. The zero-order valence-corrected chi connectivity index (χ0v) is 15.3. The summed E-state index contributed by atoms with van der Waals surface area (Å²) in [6, 6.07) is 2.16. The van der Waals surface area contributed by atoms with Gasteiger partial charge in [-0.05, 0) is 62.8 Å². The van der Waals surface area contributed by atoms with Gasteiger partial charge in [0.1, 0.15) is 0 Å². The fourth-order valence-corrected chi connectivity index (χ4v) is 4.79. The molecule has 0 aliphatic heterocycles. The number of rotatable bonds is 9. The number of unbranched alkanes of at least 4 members (excludes halogenated alkanes) is 3. The van der Waals surface area contributed by atoms with Gasteiger partial charge in [-0.3, -0.25) is 0 Å². The Morgan fingerprint density at radius 2 is 1.82 bits per heavy atom. The van der Waals surface area contributed by atoms with E-state index in [9.17, 15) is 0 Å². The molecule has 0 saturated carbocycles. The Morgan fingerprint density at radius 1 is 1.06 bits per heavy atom. The van der Waals surface area contributed by atoms with E-state index in [1.807, 2.05) is 0 Å². The van der Waals surface area contributed by atoms with Gasteiger partial charge in [-0.25, -0.2) is 0 Å². The van der Waals surface area contributed by atoms with E-state index in [4.69, 9.17) is 4.74 Å². The van der Waals surface area contributed by atoms with Crippen molar-refractivity contribution in [3.05, 3.63) is 19.2 Å². The van der Waals surface area contributed by atoms with Crippen LogP contribution in [0.1, 0.15) is 31.2 Å². The van der Waals surface area contributed by atoms with E-state index in [1.54, 1.807) is 11.3 Å². The van der Waals surface area contributed by atoms with Gasteiger partial charge in [-0.1, -0.05) is 28.8 Å². The van der Waals surface area contributed by atoms with Gasteiger partial charge < -0.3 is 4.74 Å². The van der Waals surface area contributed by atoms with Crippen LogP contribution in [0.5, 0.6) is 0 Å². The predicted molar refractivity (Wildman–Crippen MR) is 86.5 cm³/mol. The quantitative estimate of drug-likeness (QED) is 0.343. The molecule has 1 rings (SSSR count). The van der Waals surface area contributed by atoms with E-state index < -0.39 is 0 Å². The van der Waals surface area contributed by atoms with Crippen molar-refractivity contribution in [3.63, 3.8) is 0 Å². The van der Waals surface area contributed by atoms with Gasteiger partial charge >= 0.3 is 0 Å². The molecule has 5 heteroatoms. The van der Waals surface area contributed by atoms with Crippen molar-refractivity contribution in [1.29, 1.82) is 0 Å². The third kappa shape index (κ3) is 7.31. The molecule has 98 valence electrons. The number of hydrogen-bond acceptors (Lipinski definition) is 2. The van der Waals surface area contributed by atoms with Crippen LogP contribution < -0.4 is 0 Å². The predicted octanol–water partition coefficient (Wildman–Crippen LogP) is 5.79. The molecule has 0 fully saturated rings. The van der Waals surface area contributed by atoms with Gasteiger partial charge in [-0.2, -0.15) is 0 Å². The molecule has 1 heterocycles. The average molecular weight is 449 g/mol. The lowest BCUT2D eigenvalue weighted by atomic mass is 10.2. The molecule has 0 aromatic carbocycles. The standard InChI is InChI=1S/C12H17Br3OS/c13-6-3-1-2-4-7-16-8-5-10-9-11(14)17-12(10)15/h9H,1-8H2. The van der Waals surface area contributed by atoms with Crippen LogP contribution in [0.25, 0.3) is 0 Å². The number of alkyl halides is 1. The normalized spacial score (nSPS) is 11.0. The van der Waals surface area contributed by atoms with E-state index in [0.29, 0.717) is 0 Å². The van der Waals surface area contributed by atoms with Crippen LogP contribution in [0.4, 0.5) is 0 Å². The first-order valence-corrected chi connectivity index (χ1v) is 9.34. The number of ether oxygens (including phenoxy) is 1. The number of halogens is 3. The molecular formula is C12H17Br3OS. The van der Waals surface area contributed by atoms with Crippen LogP contribution in [-0.2, 0) is 11.2 Å². The van der Waals surface area contributed by atoms with Crippen LogP contribution in [-0.4, -0.2) is 18.5 Å². The first kappa shape index (κ1) is 16.2. The second kappa shape index (κ2) is 9.96. The first-order chi connectivity index (χ1) is 8.24. The van der Waals surface area contributed by atoms with Crippen molar-refractivity contribution in [3.8, 4) is 0 Å². The summed E-state index contributed by atoms with van der Waals surface area (Å²) in [6.07, 6.45) is 6.03. The summed E-state index contributed by atoms with van der Waals surface area (Å²) >= 11 is 12.2. The molecule has 1 aromatic rings. The van der Waals surface area contributed by atoms with Crippen LogP contribution in [0, 0.1) is 0 Å². The highest BCUT2D eigenvalue weighted by molar-refractivity contribution is 9.12. The molecule has 0 spiro atoms. The first-order valence-electron chi connectivity index (χ1n) is 5.81. The van der Waals surface area contributed by atoms with Gasteiger partial charge in [0, 0.05) is 11.9 Å². The summed E-state index contributed by atoms with van der Waals surface area (Å²) in [5.74, 6) is 0. The molecule has 0 radical (unpaired) electrons. The van der Waals surface area contributed by atoms with Crippen LogP contribution >= 0.6 is 59.1 Å². The van der Waals surface area contributed by atoms with Gasteiger partial charge in [0.25, 0.3) is 0 Å². The summed E-state index contributed by atoms with van der Waals surface area (Å²) < 4.78 is 8.03. The maximum absolute atomic E-state index is 5.64. The van der Waals surface area contributed by atoms with E-state index in [0.717, 1.165) is 25.0 Å². The monoisotopic (exact) mass is 446 g/mol. The molecule has 0 saturated heterocycles. The molecule has 0 aliphatic carbocycles. The molecule has 0 amide bonds. The van der Waals surface area contributed by atoms with E-state index in [1.165, 1.54) is 38.8 Å². The summed E-state index contributed by atoms with van der Waals surface area (Å²) in [6.45, 7) is 1.71. The molecule has 0 aliphatic rings. The lowest BCUT2D eigenvalue weighted by Gasteiger charge is -2.03. The molecule has 0 unspecified atom stereocenters. The largest absolute Gasteiger partial charge is 0.381 e. The topological polar surface area (TPSA) is 9.23 Å². The molecule has 1 aromatic heterocycles. The number of thiophene rings is 1. The number of hydrogen-bond donors (Lipinski definition) is 0. The van der Waals surface area contributed by atoms with Crippen molar-refractivity contribution >= 4 is 59.1 Å². The smallest absolute Gasteiger partial charge is 0.0743 e. The van der Waals surface area contributed by atoms with Gasteiger partial charge in [0.2, 0.25) is 0 Å². The van der Waals surface area contributed by atoms with Crippen molar-refractivity contribution in [2.45, 2.75) is 32.1 Å². The fraction of sp³-hybridized carbons (Fsp3) is 0.667. The molecule has 0 bridgehead atoms. The minimum absolute atomic E-state index is 0.820. The van der Waals surface area contributed by atoms with E-state index in [-0.39, 0.29) is 0 Å². The zero-order chi connectivity index (χ0) is 12.5. The third-order valence-electron chi connectivity index (χ3n) is 2.42. The summed E-state index contributed by atoms with van der Waals surface area (Å²) in [7, 11) is 0. The van der Waals surface area contributed by atoms with Gasteiger partial charge in [0.15, 0.2) is 0 Å². The Bertz CT molecular complexity index is 315. The van der Waals surface area contributed by atoms with E-state index in [2.05, 4.69) is 53.9 Å². The lowest BCUT2D eigenvalue weighted by Crippen LogP contribution is -2.00. The lowest BCUT2D eigenvalue weighted by molar-refractivity contribution is 0.133. The minimum atomic E-state index is 0.820. The maximum atomic E-state index is 5.64. The Hall–Kier alpha value is 1.10. The van der Waals surface area contributed by atoms with Crippen molar-refractivity contribution < 1.29 is 4.74 Å². The summed E-state index contributed by atoms with van der Waals surface area (Å²) in [5, 5.41) is 1.12. The summed E-state index contributed by atoms with van der Waals surface area (Å²) in [4.78, 5) is 0. The summed E-state index contributed by atoms with van der Waals surface area (Å²) in [5.41, 5.74) is 1.33. The van der Waals surface area contributed by atoms with Gasteiger partial charge in [0.05, 0.1) is 14.2 Å². The Morgan fingerprint density at radius 3 is 2.47 bits per heavy atom. The SMILES string of the molecule is BrCCCCCCOCCc1cc(Br)sc1Br. The Labute approximate surface area is 133 Å². The highest BCUT2D eigenvalue weighted by Crippen LogP contribution is 2.32. The molecule has 0 atom stereocenters. The van der Waals surface area contributed by atoms with Crippen LogP contribution in [0.2, 0.25) is 0 Å². The van der Waals surface area contributed by atoms with E-state index >= 15 is 0 Å². The van der Waals surface area contributed by atoms with Crippen LogP contribution in [0.15, 0.2) is 13.6 Å². The molecule has 17 heavy (non-hydrogen) atoms. The minimum Gasteiger partial charge on any atom is -0.381 e. The Balaban J connectivity index is 1.99. The average Bonchev–Trinajstić information content (AvgIpc) is 2.61. The fourth-order valence-electron chi connectivity index (χ4n) is 1.48. The molecular weight excluding hydrogens is 432 g/mol. The Kier molecular flexibility index (Phi) is 9.46.